The molecule has 1 aliphatic carbocycles. The SMILES string of the molecule is CC(C)CCC12CCCN1C1Cc3nocc3C1C2. The first kappa shape index (κ1) is 12.0. The van der Waals surface area contributed by atoms with Crippen LogP contribution in [-0.4, -0.2) is 28.2 Å². The van der Waals surface area contributed by atoms with Crippen LogP contribution in [0.2, 0.25) is 0 Å². The maximum Gasteiger partial charge on any atom is 0.127 e. The number of hydrogen-bond acceptors (Lipinski definition) is 3. The zero-order chi connectivity index (χ0) is 13.0. The minimum atomic E-state index is 0.508. The molecular formula is C16H24N2O. The smallest absolute Gasteiger partial charge is 0.127 e. The maximum atomic E-state index is 5.18. The van der Waals surface area contributed by atoms with Crippen molar-refractivity contribution in [1.29, 1.82) is 0 Å². The van der Waals surface area contributed by atoms with Crippen LogP contribution in [0.25, 0.3) is 0 Å². The number of rotatable bonds is 3. The van der Waals surface area contributed by atoms with Crippen LogP contribution < -0.4 is 0 Å². The van der Waals surface area contributed by atoms with E-state index in [4.69, 9.17) is 4.52 Å². The Morgan fingerprint density at radius 3 is 3.26 bits per heavy atom. The van der Waals surface area contributed by atoms with Crippen molar-refractivity contribution < 1.29 is 4.52 Å². The molecule has 0 aromatic carbocycles. The molecule has 3 nitrogen and oxygen atoms in total. The van der Waals surface area contributed by atoms with Gasteiger partial charge < -0.3 is 4.52 Å². The van der Waals surface area contributed by atoms with Gasteiger partial charge in [-0.3, -0.25) is 4.90 Å². The average molecular weight is 260 g/mol. The molecule has 0 spiro atoms. The monoisotopic (exact) mass is 260 g/mol. The van der Waals surface area contributed by atoms with Gasteiger partial charge in [0, 0.05) is 29.5 Å². The molecule has 2 aliphatic heterocycles. The molecule has 3 atom stereocenters. The molecule has 2 fully saturated rings. The van der Waals surface area contributed by atoms with Gasteiger partial charge in [0.15, 0.2) is 0 Å². The Balaban J connectivity index is 1.61. The highest BCUT2D eigenvalue weighted by Gasteiger charge is 2.56. The quantitative estimate of drug-likeness (QED) is 0.834. The van der Waals surface area contributed by atoms with Crippen molar-refractivity contribution in [2.75, 3.05) is 6.54 Å². The normalized spacial score (nSPS) is 36.8. The van der Waals surface area contributed by atoms with Crippen LogP contribution in [0.4, 0.5) is 0 Å². The molecule has 3 aliphatic rings. The highest BCUT2D eigenvalue weighted by atomic mass is 16.5. The number of fused-ring (bicyclic) bond motifs is 5. The molecule has 2 saturated heterocycles. The standard InChI is InChI=1S/C16H24N2O/c1-11(2)4-6-16-5-3-7-18(16)15-8-14-13(10-19-17-14)12(15)9-16/h10-12,15H,3-9H2,1-2H3. The van der Waals surface area contributed by atoms with Crippen LogP contribution in [-0.2, 0) is 6.42 Å². The van der Waals surface area contributed by atoms with Gasteiger partial charge in [0.25, 0.3) is 0 Å². The van der Waals surface area contributed by atoms with Crippen LogP contribution in [0.15, 0.2) is 10.8 Å². The molecule has 3 heteroatoms. The largest absolute Gasteiger partial charge is 0.364 e. The van der Waals surface area contributed by atoms with Gasteiger partial charge in [-0.1, -0.05) is 19.0 Å². The molecule has 0 amide bonds. The van der Waals surface area contributed by atoms with Crippen molar-refractivity contribution in [2.45, 2.75) is 69.9 Å². The number of aromatic nitrogens is 1. The minimum absolute atomic E-state index is 0.508. The summed E-state index contributed by atoms with van der Waals surface area (Å²) in [6.45, 7) is 6.01. The summed E-state index contributed by atoms with van der Waals surface area (Å²) in [4.78, 5) is 2.85. The van der Waals surface area contributed by atoms with Gasteiger partial charge in [0.2, 0.25) is 0 Å². The number of hydrogen-bond donors (Lipinski definition) is 0. The third kappa shape index (κ3) is 1.63. The first-order valence-electron chi connectivity index (χ1n) is 7.89. The lowest BCUT2D eigenvalue weighted by molar-refractivity contribution is 0.133. The van der Waals surface area contributed by atoms with E-state index in [1.807, 2.05) is 6.26 Å². The highest BCUT2D eigenvalue weighted by molar-refractivity contribution is 5.34. The summed E-state index contributed by atoms with van der Waals surface area (Å²) in [6.07, 6.45) is 9.94. The molecule has 1 aromatic rings. The molecular weight excluding hydrogens is 236 g/mol. The van der Waals surface area contributed by atoms with Crippen LogP contribution in [0.5, 0.6) is 0 Å². The summed E-state index contributed by atoms with van der Waals surface area (Å²) in [6, 6.07) is 0.726. The van der Waals surface area contributed by atoms with E-state index in [0.29, 0.717) is 11.5 Å². The second-order valence-corrected chi connectivity index (χ2v) is 7.25. The van der Waals surface area contributed by atoms with Gasteiger partial charge in [-0.2, -0.15) is 0 Å². The topological polar surface area (TPSA) is 29.3 Å². The van der Waals surface area contributed by atoms with Crippen molar-refractivity contribution in [3.63, 3.8) is 0 Å². The lowest BCUT2D eigenvalue weighted by atomic mass is 9.83. The van der Waals surface area contributed by atoms with Crippen LogP contribution in [0, 0.1) is 5.92 Å². The summed E-state index contributed by atoms with van der Waals surface area (Å²) < 4.78 is 5.18. The van der Waals surface area contributed by atoms with Gasteiger partial charge >= 0.3 is 0 Å². The molecule has 0 N–H and O–H groups in total. The van der Waals surface area contributed by atoms with E-state index in [0.717, 1.165) is 18.4 Å². The van der Waals surface area contributed by atoms with E-state index in [-0.39, 0.29) is 0 Å². The van der Waals surface area contributed by atoms with Crippen molar-refractivity contribution in [2.24, 2.45) is 5.92 Å². The Morgan fingerprint density at radius 2 is 2.42 bits per heavy atom. The van der Waals surface area contributed by atoms with E-state index in [1.165, 1.54) is 49.9 Å². The third-order valence-corrected chi connectivity index (χ3v) is 5.78. The third-order valence-electron chi connectivity index (χ3n) is 5.78. The van der Waals surface area contributed by atoms with Crippen LogP contribution >= 0.6 is 0 Å². The summed E-state index contributed by atoms with van der Waals surface area (Å²) in [5.41, 5.74) is 3.16. The first-order chi connectivity index (χ1) is 9.20. The van der Waals surface area contributed by atoms with Crippen molar-refractivity contribution in [1.82, 2.24) is 10.1 Å². The fourth-order valence-corrected chi connectivity index (χ4v) is 4.88. The first-order valence-corrected chi connectivity index (χ1v) is 7.89. The maximum absolute atomic E-state index is 5.18. The van der Waals surface area contributed by atoms with E-state index >= 15 is 0 Å². The zero-order valence-electron chi connectivity index (χ0n) is 12.1. The average Bonchev–Trinajstić information content (AvgIpc) is 3.04. The summed E-state index contributed by atoms with van der Waals surface area (Å²) in [7, 11) is 0. The Hall–Kier alpha value is -0.830. The second-order valence-electron chi connectivity index (χ2n) is 7.25. The molecule has 4 rings (SSSR count). The molecule has 104 valence electrons. The summed E-state index contributed by atoms with van der Waals surface area (Å²) in [5, 5.41) is 4.19. The molecule has 3 unspecified atom stereocenters. The Labute approximate surface area is 115 Å². The Bertz CT molecular complexity index is 481. The van der Waals surface area contributed by atoms with Gasteiger partial charge in [-0.05, 0) is 44.6 Å². The van der Waals surface area contributed by atoms with Gasteiger partial charge in [0.05, 0.1) is 5.69 Å². The lowest BCUT2D eigenvalue weighted by Gasteiger charge is -2.35. The van der Waals surface area contributed by atoms with Gasteiger partial charge in [0.1, 0.15) is 6.26 Å². The molecule has 0 radical (unpaired) electrons. The molecule has 0 saturated carbocycles. The highest BCUT2D eigenvalue weighted by Crippen LogP contribution is 2.55. The minimum Gasteiger partial charge on any atom is -0.364 e. The van der Waals surface area contributed by atoms with E-state index in [1.54, 1.807) is 0 Å². The van der Waals surface area contributed by atoms with E-state index in [2.05, 4.69) is 23.9 Å². The Kier molecular flexibility index (Phi) is 2.57. The zero-order valence-corrected chi connectivity index (χ0v) is 12.1. The van der Waals surface area contributed by atoms with E-state index < -0.39 is 0 Å². The van der Waals surface area contributed by atoms with E-state index in [9.17, 15) is 0 Å². The van der Waals surface area contributed by atoms with Crippen molar-refractivity contribution in [3.05, 3.63) is 17.5 Å². The van der Waals surface area contributed by atoms with Crippen molar-refractivity contribution in [3.8, 4) is 0 Å². The summed E-state index contributed by atoms with van der Waals surface area (Å²) >= 11 is 0. The fourth-order valence-electron chi connectivity index (χ4n) is 4.88. The van der Waals surface area contributed by atoms with Crippen LogP contribution in [0.1, 0.15) is 63.1 Å². The summed E-state index contributed by atoms with van der Waals surface area (Å²) in [5.74, 6) is 1.53. The van der Waals surface area contributed by atoms with Crippen molar-refractivity contribution >= 4 is 0 Å². The van der Waals surface area contributed by atoms with Crippen LogP contribution in [0.3, 0.4) is 0 Å². The second kappa shape index (κ2) is 4.08. The predicted octanol–water partition coefficient (Wildman–Crippen LogP) is 3.36. The predicted molar refractivity (Wildman–Crippen MR) is 74.1 cm³/mol. The van der Waals surface area contributed by atoms with Gasteiger partial charge in [-0.25, -0.2) is 0 Å². The van der Waals surface area contributed by atoms with Gasteiger partial charge in [-0.15, -0.1) is 0 Å². The lowest BCUT2D eigenvalue weighted by Crippen LogP contribution is -2.43. The molecule has 3 heterocycles. The Morgan fingerprint density at radius 1 is 1.53 bits per heavy atom. The molecule has 0 bridgehead atoms. The molecule has 19 heavy (non-hydrogen) atoms. The fraction of sp³-hybridized carbons (Fsp3) is 0.812. The number of nitrogens with zero attached hydrogens (tertiary/aromatic N) is 2. The molecule has 1 aromatic heterocycles.